The number of allylic oxidation sites excluding steroid dienone is 1. The number of carbonyl (C=O) groups excluding carboxylic acids is 3. The fourth-order valence-corrected chi connectivity index (χ4v) is 10.7. The van der Waals surface area contributed by atoms with E-state index in [0.717, 1.165) is 31.2 Å². The maximum atomic E-state index is 15.1. The average Bonchev–Trinajstić information content (AvgIpc) is 3.96. The minimum atomic E-state index is -4.01. The molecule has 3 aliphatic heterocycles. The summed E-state index contributed by atoms with van der Waals surface area (Å²) in [5, 5.41) is 14.2. The molecule has 56 heavy (non-hydrogen) atoms. The Morgan fingerprint density at radius 2 is 1.82 bits per heavy atom. The third kappa shape index (κ3) is 6.23. The van der Waals surface area contributed by atoms with Gasteiger partial charge < -0.3 is 20.1 Å². The number of para-hydroxylation sites is 1. The molecule has 4 aliphatic carbocycles. The normalized spacial score (nSPS) is 32.4. The molecule has 0 radical (unpaired) electrons. The summed E-state index contributed by atoms with van der Waals surface area (Å²) < 4.78 is 49.8. The Kier molecular flexibility index (Phi) is 8.58. The minimum Gasteiger partial charge on any atom is -0.483 e. The van der Waals surface area contributed by atoms with Crippen LogP contribution in [-0.4, -0.2) is 92.2 Å². The summed E-state index contributed by atoms with van der Waals surface area (Å²) in [4.78, 5) is 64.3. The third-order valence-electron chi connectivity index (χ3n) is 13.8. The summed E-state index contributed by atoms with van der Waals surface area (Å²) in [6, 6.07) is 2.67. The molecule has 15 heteroatoms. The molecule has 1 saturated heterocycles. The molecule has 1 aromatic carbocycles. The van der Waals surface area contributed by atoms with E-state index in [0.29, 0.717) is 73.7 Å². The van der Waals surface area contributed by atoms with E-state index in [2.05, 4.69) is 10.0 Å². The predicted octanol–water partition coefficient (Wildman–Crippen LogP) is 5.21. The Balaban J connectivity index is 1.10. The molecule has 0 bridgehead atoms. The van der Waals surface area contributed by atoms with Crippen LogP contribution in [0.3, 0.4) is 0 Å². The van der Waals surface area contributed by atoms with E-state index >= 15 is 9.18 Å². The molecule has 7 aliphatic rings. The number of rotatable bonds is 6. The lowest BCUT2D eigenvalue weighted by molar-refractivity contribution is -0.144. The van der Waals surface area contributed by atoms with E-state index in [9.17, 15) is 27.9 Å². The van der Waals surface area contributed by atoms with Crippen molar-refractivity contribution < 1.29 is 41.8 Å². The summed E-state index contributed by atoms with van der Waals surface area (Å²) in [6.45, 7) is 3.42. The first-order chi connectivity index (χ1) is 26.6. The molecule has 1 aromatic heterocycles. The second-order valence-corrected chi connectivity index (χ2v) is 20.3. The number of halogens is 1. The third-order valence-corrected chi connectivity index (χ3v) is 16.0. The van der Waals surface area contributed by atoms with Crippen molar-refractivity contribution in [3.8, 4) is 5.75 Å². The van der Waals surface area contributed by atoms with Gasteiger partial charge in [0.2, 0.25) is 21.8 Å². The maximum absolute atomic E-state index is 15.1. The minimum absolute atomic E-state index is 0.00934. The van der Waals surface area contributed by atoms with E-state index in [1.807, 2.05) is 25.1 Å². The SMILES string of the molecule is CC1(N(C(=O)O)[C@H]2CCCCC/C=C\[C@@H]3C[C@@]3(C(=O)NS(=O)(=O)C3(C)CC3)NC(=O)[C@@H]3C[C@]4(CCc5c(c(C6CC6)nc6c(F)cccc56)O4)CN3C2=O)CC1. The molecule has 4 amide bonds. The number of hydrogen-bond donors (Lipinski definition) is 3. The van der Waals surface area contributed by atoms with Crippen LogP contribution in [0.5, 0.6) is 5.75 Å². The van der Waals surface area contributed by atoms with Crippen LogP contribution < -0.4 is 14.8 Å². The largest absolute Gasteiger partial charge is 0.483 e. The number of hydrogen-bond acceptors (Lipinski definition) is 8. The Bertz CT molecular complexity index is 2180. The molecule has 13 nitrogen and oxygen atoms in total. The number of pyridine rings is 1. The van der Waals surface area contributed by atoms with Crippen LogP contribution in [-0.2, 0) is 30.8 Å². The highest BCUT2D eigenvalue weighted by Gasteiger charge is 2.64. The molecule has 2 aromatic rings. The molecule has 9 rings (SSSR count). The van der Waals surface area contributed by atoms with Crippen LogP contribution in [0.4, 0.5) is 9.18 Å². The van der Waals surface area contributed by atoms with Crippen molar-refractivity contribution in [1.82, 2.24) is 24.8 Å². The molecule has 4 heterocycles. The monoisotopic (exact) mass is 791 g/mol. The molecule has 3 N–H and O–H groups in total. The topological polar surface area (TPSA) is 175 Å². The van der Waals surface area contributed by atoms with Gasteiger partial charge in [0.15, 0.2) is 0 Å². The highest BCUT2D eigenvalue weighted by Crippen LogP contribution is 2.52. The average molecular weight is 792 g/mol. The van der Waals surface area contributed by atoms with Crippen molar-refractivity contribution in [1.29, 1.82) is 0 Å². The molecule has 4 saturated carbocycles. The maximum Gasteiger partial charge on any atom is 0.408 e. The summed E-state index contributed by atoms with van der Waals surface area (Å²) in [5.74, 6) is -2.13. The zero-order chi connectivity index (χ0) is 39.4. The number of aromatic nitrogens is 1. The van der Waals surface area contributed by atoms with Crippen LogP contribution in [0.2, 0.25) is 0 Å². The van der Waals surface area contributed by atoms with Crippen LogP contribution in [0.25, 0.3) is 10.9 Å². The van der Waals surface area contributed by atoms with Gasteiger partial charge in [0.05, 0.1) is 17.0 Å². The van der Waals surface area contributed by atoms with Crippen LogP contribution in [0.15, 0.2) is 30.4 Å². The molecule has 5 fully saturated rings. The van der Waals surface area contributed by atoms with Crippen LogP contribution in [0, 0.1) is 11.7 Å². The van der Waals surface area contributed by atoms with Gasteiger partial charge in [-0.3, -0.25) is 24.0 Å². The number of amides is 4. The lowest BCUT2D eigenvalue weighted by Crippen LogP contribution is -2.60. The van der Waals surface area contributed by atoms with E-state index < -0.39 is 79.1 Å². The van der Waals surface area contributed by atoms with Crippen molar-refractivity contribution in [2.75, 3.05) is 6.54 Å². The lowest BCUT2D eigenvalue weighted by atomic mass is 9.86. The quantitative estimate of drug-likeness (QED) is 0.332. The zero-order valence-corrected chi connectivity index (χ0v) is 32.8. The molecular formula is C41H50FN5O8S. The Labute approximate surface area is 325 Å². The second-order valence-electron chi connectivity index (χ2n) is 18.1. The number of nitrogens with zero attached hydrogens (tertiary/aromatic N) is 3. The fourth-order valence-electron chi connectivity index (χ4n) is 9.42. The van der Waals surface area contributed by atoms with E-state index in [-0.39, 0.29) is 31.7 Å². The van der Waals surface area contributed by atoms with Gasteiger partial charge in [-0.2, -0.15) is 0 Å². The van der Waals surface area contributed by atoms with E-state index in [4.69, 9.17) is 9.72 Å². The summed E-state index contributed by atoms with van der Waals surface area (Å²) >= 11 is 0. The Morgan fingerprint density at radius 1 is 1.05 bits per heavy atom. The number of sulfonamides is 1. The highest BCUT2D eigenvalue weighted by molar-refractivity contribution is 7.91. The van der Waals surface area contributed by atoms with Crippen LogP contribution >= 0.6 is 0 Å². The van der Waals surface area contributed by atoms with Gasteiger partial charge in [0.25, 0.3) is 5.91 Å². The van der Waals surface area contributed by atoms with Gasteiger partial charge in [0.1, 0.15) is 40.3 Å². The van der Waals surface area contributed by atoms with Gasteiger partial charge in [-0.1, -0.05) is 37.1 Å². The number of aryl methyl sites for hydroxylation is 1. The summed E-state index contributed by atoms with van der Waals surface area (Å²) in [6.07, 6.45) is 10.7. The number of nitrogens with one attached hydrogen (secondary N) is 2. The van der Waals surface area contributed by atoms with Crippen molar-refractivity contribution in [3.63, 3.8) is 0 Å². The van der Waals surface area contributed by atoms with Crippen molar-refractivity contribution in [2.45, 2.75) is 150 Å². The second kappa shape index (κ2) is 12.9. The van der Waals surface area contributed by atoms with Gasteiger partial charge >= 0.3 is 6.09 Å². The van der Waals surface area contributed by atoms with Gasteiger partial charge in [-0.25, -0.2) is 22.6 Å². The molecule has 0 unspecified atom stereocenters. The van der Waals surface area contributed by atoms with Crippen molar-refractivity contribution >= 4 is 44.7 Å². The molecule has 5 atom stereocenters. The van der Waals surface area contributed by atoms with E-state index in [1.54, 1.807) is 13.0 Å². The summed E-state index contributed by atoms with van der Waals surface area (Å²) in [5.41, 5.74) is -1.51. The van der Waals surface area contributed by atoms with Crippen molar-refractivity contribution in [2.24, 2.45) is 5.92 Å². The smallest absolute Gasteiger partial charge is 0.408 e. The Morgan fingerprint density at radius 3 is 2.52 bits per heavy atom. The Hall–Kier alpha value is -4.27. The molecular weight excluding hydrogens is 742 g/mol. The van der Waals surface area contributed by atoms with Gasteiger partial charge in [-0.15, -0.1) is 0 Å². The number of fused-ring (bicyclic) bond motifs is 5. The fraction of sp³-hybridized carbons (Fsp3) is 0.634. The number of carboxylic acid groups (broad SMARTS) is 1. The molecule has 300 valence electrons. The first-order valence-electron chi connectivity index (χ1n) is 20.3. The van der Waals surface area contributed by atoms with E-state index in [1.165, 1.54) is 15.9 Å². The lowest BCUT2D eigenvalue weighted by Gasteiger charge is -2.39. The summed E-state index contributed by atoms with van der Waals surface area (Å²) in [7, 11) is -4.01. The van der Waals surface area contributed by atoms with Crippen molar-refractivity contribution in [3.05, 3.63) is 47.4 Å². The highest BCUT2D eigenvalue weighted by atomic mass is 32.2. The number of ether oxygens (including phenoxy) is 1. The predicted molar refractivity (Wildman–Crippen MR) is 203 cm³/mol. The number of benzene rings is 1. The zero-order valence-electron chi connectivity index (χ0n) is 31.9. The first-order valence-corrected chi connectivity index (χ1v) is 21.8. The van der Waals surface area contributed by atoms with Gasteiger partial charge in [0, 0.05) is 34.7 Å². The van der Waals surface area contributed by atoms with Crippen LogP contribution in [0.1, 0.15) is 121 Å². The number of carbonyl (C=O) groups is 4. The standard InChI is InChI=1S/C41H50FN5O8S/c1-38(17-18-38)47(37(51)52)29-12-7-5-3-4-6-9-25-21-41(25,36(50)45-56(53,54)39(2)19-20-39)44-34(48)30-22-40(23-46(30)35(29)49)16-15-27-26-10-8-11-28(42)32(26)43-31(24-13-14-24)33(27)55-40/h6,8-11,24-25,29-30H,3-5,7,12-23H2,1-2H3,(H,44,48)(H,45,50)(H,51,52)/b9-6-/t25-,29+,30+,40-,41-/m1/s1. The first kappa shape index (κ1) is 37.3. The van der Waals surface area contributed by atoms with Gasteiger partial charge in [-0.05, 0) is 97.0 Å². The molecule has 1 spiro atoms.